The van der Waals surface area contributed by atoms with Crippen molar-refractivity contribution in [1.29, 1.82) is 0 Å². The van der Waals surface area contributed by atoms with E-state index in [4.69, 9.17) is 5.73 Å². The Labute approximate surface area is 154 Å². The monoisotopic (exact) mass is 364 g/mol. The zero-order chi connectivity index (χ0) is 19.4. The lowest BCUT2D eigenvalue weighted by molar-refractivity contribution is -0.384. The van der Waals surface area contributed by atoms with Crippen LogP contribution < -0.4 is 11.1 Å². The summed E-state index contributed by atoms with van der Waals surface area (Å²) in [6, 6.07) is 13.5. The van der Waals surface area contributed by atoms with Crippen LogP contribution in [0.15, 0.2) is 60.8 Å². The molecule has 0 saturated carbocycles. The number of nitro groups is 1. The van der Waals surface area contributed by atoms with Crippen LogP contribution in [0.2, 0.25) is 0 Å². The van der Waals surface area contributed by atoms with Crippen molar-refractivity contribution >= 4 is 28.4 Å². The van der Waals surface area contributed by atoms with Crippen LogP contribution >= 0.6 is 0 Å². The molecule has 0 aliphatic rings. The first-order chi connectivity index (χ1) is 13.0. The third-order valence-electron chi connectivity index (χ3n) is 4.13. The van der Waals surface area contributed by atoms with Gasteiger partial charge in [-0.05, 0) is 17.7 Å². The second-order valence-electron chi connectivity index (χ2n) is 5.93. The predicted octanol–water partition coefficient (Wildman–Crippen LogP) is 1.97. The molecular formula is C19H16N4O4. The highest BCUT2D eigenvalue weighted by atomic mass is 16.6. The van der Waals surface area contributed by atoms with E-state index in [9.17, 15) is 19.7 Å². The van der Waals surface area contributed by atoms with Gasteiger partial charge >= 0.3 is 0 Å². The molecule has 8 heteroatoms. The maximum atomic E-state index is 12.7. The van der Waals surface area contributed by atoms with Gasteiger partial charge in [-0.15, -0.1) is 0 Å². The van der Waals surface area contributed by atoms with E-state index < -0.39 is 22.8 Å². The number of fused-ring (bicyclic) bond motifs is 1. The molecule has 1 atom stereocenters. The molecule has 0 spiro atoms. The van der Waals surface area contributed by atoms with Crippen LogP contribution in [0, 0.1) is 10.1 Å². The molecule has 0 radical (unpaired) electrons. The van der Waals surface area contributed by atoms with Gasteiger partial charge in [0.2, 0.25) is 5.91 Å². The summed E-state index contributed by atoms with van der Waals surface area (Å²) in [5, 5.41) is 14.0. The van der Waals surface area contributed by atoms with E-state index in [-0.39, 0.29) is 12.1 Å². The van der Waals surface area contributed by atoms with Gasteiger partial charge < -0.3 is 11.1 Å². The highest BCUT2D eigenvalue weighted by molar-refractivity contribution is 6.07. The minimum atomic E-state index is -0.953. The van der Waals surface area contributed by atoms with Crippen molar-refractivity contribution in [3.8, 4) is 0 Å². The number of hydrogen-bond donors (Lipinski definition) is 2. The molecule has 0 unspecified atom stereocenters. The lowest BCUT2D eigenvalue weighted by Gasteiger charge is -2.16. The lowest BCUT2D eigenvalue weighted by Crippen LogP contribution is -2.45. The van der Waals surface area contributed by atoms with Crippen LogP contribution in [0.1, 0.15) is 15.9 Å². The number of carbonyl (C=O) groups is 2. The number of para-hydroxylation sites is 1. The lowest BCUT2D eigenvalue weighted by atomic mass is 10.0. The second kappa shape index (κ2) is 7.61. The Bertz CT molecular complexity index is 1010. The molecule has 2 aromatic carbocycles. The summed E-state index contributed by atoms with van der Waals surface area (Å²) in [5.41, 5.74) is 7.06. The Morgan fingerprint density at radius 3 is 2.48 bits per heavy atom. The SMILES string of the molecule is NC(=O)[C@H](Cc1ccc([N+](=O)[O-])cc1)NC(=O)c1ccnc2ccccc12. The molecule has 27 heavy (non-hydrogen) atoms. The number of hydrogen-bond acceptors (Lipinski definition) is 5. The van der Waals surface area contributed by atoms with Crippen molar-refractivity contribution < 1.29 is 14.5 Å². The number of nitrogens with one attached hydrogen (secondary N) is 1. The molecule has 2 amide bonds. The molecule has 0 bridgehead atoms. The summed E-state index contributed by atoms with van der Waals surface area (Å²) >= 11 is 0. The molecule has 136 valence electrons. The minimum Gasteiger partial charge on any atom is -0.368 e. The van der Waals surface area contributed by atoms with Crippen molar-refractivity contribution in [3.05, 3.63) is 82.0 Å². The molecular weight excluding hydrogens is 348 g/mol. The summed E-state index contributed by atoms with van der Waals surface area (Å²) in [7, 11) is 0. The summed E-state index contributed by atoms with van der Waals surface area (Å²) in [5.74, 6) is -1.14. The fourth-order valence-corrected chi connectivity index (χ4v) is 2.74. The second-order valence-corrected chi connectivity index (χ2v) is 5.93. The highest BCUT2D eigenvalue weighted by Gasteiger charge is 2.21. The number of rotatable bonds is 6. The van der Waals surface area contributed by atoms with Gasteiger partial charge in [0.25, 0.3) is 11.6 Å². The van der Waals surface area contributed by atoms with Gasteiger partial charge in [0.05, 0.1) is 16.0 Å². The van der Waals surface area contributed by atoms with Crippen molar-refractivity contribution in [2.75, 3.05) is 0 Å². The number of nitrogens with zero attached hydrogens (tertiary/aromatic N) is 2. The Morgan fingerprint density at radius 2 is 1.81 bits per heavy atom. The third-order valence-corrected chi connectivity index (χ3v) is 4.13. The van der Waals surface area contributed by atoms with Crippen LogP contribution in [0.4, 0.5) is 5.69 Å². The van der Waals surface area contributed by atoms with Gasteiger partial charge in [-0.3, -0.25) is 24.7 Å². The number of non-ortho nitro benzene ring substituents is 1. The third kappa shape index (κ3) is 4.06. The number of amides is 2. The minimum absolute atomic E-state index is 0.0540. The number of nitrogens with two attached hydrogens (primary N) is 1. The first kappa shape index (κ1) is 18.0. The Balaban J connectivity index is 1.80. The van der Waals surface area contributed by atoms with Gasteiger partial charge in [0.15, 0.2) is 0 Å². The van der Waals surface area contributed by atoms with Crippen LogP contribution in [-0.2, 0) is 11.2 Å². The molecule has 3 N–H and O–H groups in total. The number of pyridine rings is 1. The van der Waals surface area contributed by atoms with E-state index in [2.05, 4.69) is 10.3 Å². The number of nitro benzene ring substituents is 1. The van der Waals surface area contributed by atoms with Gasteiger partial charge in [-0.2, -0.15) is 0 Å². The smallest absolute Gasteiger partial charge is 0.269 e. The molecule has 3 rings (SSSR count). The van der Waals surface area contributed by atoms with E-state index in [1.54, 1.807) is 24.3 Å². The van der Waals surface area contributed by atoms with Crippen LogP contribution in [0.5, 0.6) is 0 Å². The normalized spacial score (nSPS) is 11.7. The Hall–Kier alpha value is -3.81. The quantitative estimate of drug-likeness (QED) is 0.510. The van der Waals surface area contributed by atoms with E-state index >= 15 is 0 Å². The van der Waals surface area contributed by atoms with Crippen molar-refractivity contribution in [2.24, 2.45) is 5.73 Å². The molecule has 8 nitrogen and oxygen atoms in total. The zero-order valence-corrected chi connectivity index (χ0v) is 14.2. The van der Waals surface area contributed by atoms with E-state index in [1.165, 1.54) is 30.5 Å². The average molecular weight is 364 g/mol. The topological polar surface area (TPSA) is 128 Å². The van der Waals surface area contributed by atoms with Crippen molar-refractivity contribution in [3.63, 3.8) is 0 Å². The number of primary amides is 1. The molecule has 0 aliphatic carbocycles. The number of aromatic nitrogens is 1. The summed E-state index contributed by atoms with van der Waals surface area (Å²) < 4.78 is 0. The molecule has 1 heterocycles. The van der Waals surface area contributed by atoms with E-state index in [1.807, 2.05) is 6.07 Å². The average Bonchev–Trinajstić information content (AvgIpc) is 2.67. The summed E-state index contributed by atoms with van der Waals surface area (Å²) in [4.78, 5) is 38.9. The number of benzene rings is 2. The fraction of sp³-hybridized carbons (Fsp3) is 0.105. The molecule has 1 aromatic heterocycles. The van der Waals surface area contributed by atoms with E-state index in [0.717, 1.165) is 0 Å². The van der Waals surface area contributed by atoms with E-state index in [0.29, 0.717) is 22.0 Å². The van der Waals surface area contributed by atoms with Crippen LogP contribution in [0.3, 0.4) is 0 Å². The number of carbonyl (C=O) groups excluding carboxylic acids is 2. The summed E-state index contributed by atoms with van der Waals surface area (Å²) in [6.07, 6.45) is 1.65. The van der Waals surface area contributed by atoms with Crippen molar-refractivity contribution in [1.82, 2.24) is 10.3 Å². The highest BCUT2D eigenvalue weighted by Crippen LogP contribution is 2.17. The first-order valence-electron chi connectivity index (χ1n) is 8.13. The standard InChI is InChI=1S/C19H16N4O4/c20-18(24)17(11-12-5-7-13(8-6-12)23(26)27)22-19(25)15-9-10-21-16-4-2-1-3-14(15)16/h1-10,17H,11H2,(H2,20,24)(H,22,25)/t17-/m0/s1. The van der Waals surface area contributed by atoms with Gasteiger partial charge in [-0.1, -0.05) is 30.3 Å². The largest absolute Gasteiger partial charge is 0.368 e. The molecule has 0 saturated heterocycles. The molecule has 0 fully saturated rings. The Kier molecular flexibility index (Phi) is 5.07. The van der Waals surface area contributed by atoms with Gasteiger partial charge in [0.1, 0.15) is 6.04 Å². The molecule has 3 aromatic rings. The fourth-order valence-electron chi connectivity index (χ4n) is 2.74. The predicted molar refractivity (Wildman–Crippen MR) is 99.0 cm³/mol. The van der Waals surface area contributed by atoms with Crippen molar-refractivity contribution in [2.45, 2.75) is 12.5 Å². The van der Waals surface area contributed by atoms with Gasteiger partial charge in [0, 0.05) is 30.1 Å². The maximum absolute atomic E-state index is 12.7. The van der Waals surface area contributed by atoms with Crippen LogP contribution in [0.25, 0.3) is 10.9 Å². The maximum Gasteiger partial charge on any atom is 0.269 e. The molecule has 0 aliphatic heterocycles. The Morgan fingerprint density at radius 1 is 1.11 bits per heavy atom. The zero-order valence-electron chi connectivity index (χ0n) is 14.2. The summed E-state index contributed by atoms with van der Waals surface area (Å²) in [6.45, 7) is 0. The van der Waals surface area contributed by atoms with Crippen LogP contribution in [-0.4, -0.2) is 27.8 Å². The first-order valence-corrected chi connectivity index (χ1v) is 8.13. The van der Waals surface area contributed by atoms with Gasteiger partial charge in [-0.25, -0.2) is 0 Å².